The zero-order valence-corrected chi connectivity index (χ0v) is 13.1. The molecule has 1 aliphatic rings. The predicted octanol–water partition coefficient (Wildman–Crippen LogP) is 3.28. The lowest BCUT2D eigenvalue weighted by molar-refractivity contribution is 0.477. The molecule has 0 spiro atoms. The Morgan fingerprint density at radius 3 is 2.43 bits per heavy atom. The van der Waals surface area contributed by atoms with Gasteiger partial charge in [0, 0.05) is 24.2 Å². The quantitative estimate of drug-likeness (QED) is 0.812. The molecule has 1 fully saturated rings. The molecule has 2 aromatic rings. The van der Waals surface area contributed by atoms with E-state index in [9.17, 15) is 8.42 Å². The maximum Gasteiger partial charge on any atom is 0.243 e. The predicted molar refractivity (Wildman–Crippen MR) is 86.0 cm³/mol. The summed E-state index contributed by atoms with van der Waals surface area (Å²) >= 11 is 1.61. The molecule has 0 radical (unpaired) electrons. The van der Waals surface area contributed by atoms with Crippen LogP contribution in [0.1, 0.15) is 17.7 Å². The molecule has 3 rings (SSSR count). The maximum absolute atomic E-state index is 12.4. The molecule has 2 heterocycles. The van der Waals surface area contributed by atoms with Gasteiger partial charge in [0.05, 0.1) is 10.6 Å². The first-order valence-corrected chi connectivity index (χ1v) is 9.16. The number of hydrogen-bond acceptors (Lipinski definition) is 4. The molecule has 0 aliphatic carbocycles. The Hall–Kier alpha value is -1.50. The van der Waals surface area contributed by atoms with Crippen molar-refractivity contribution in [3.63, 3.8) is 0 Å². The average molecular weight is 320 g/mol. The van der Waals surface area contributed by atoms with Crippen LogP contribution in [0, 0.1) is 0 Å². The highest BCUT2D eigenvalue weighted by molar-refractivity contribution is 7.89. The summed E-state index contributed by atoms with van der Waals surface area (Å²) in [6, 6.07) is 10.7. The summed E-state index contributed by atoms with van der Waals surface area (Å²) in [5.74, 6) is 0. The zero-order valence-electron chi connectivity index (χ0n) is 11.5. The van der Waals surface area contributed by atoms with Crippen LogP contribution < -0.4 is 0 Å². The van der Waals surface area contributed by atoms with Crippen LogP contribution in [0.15, 0.2) is 51.7 Å². The van der Waals surface area contributed by atoms with E-state index >= 15 is 0 Å². The second-order valence-electron chi connectivity index (χ2n) is 4.88. The van der Waals surface area contributed by atoms with Crippen LogP contribution in [-0.4, -0.2) is 32.0 Å². The monoisotopic (exact) mass is 320 g/mol. The largest absolute Gasteiger partial charge is 0.255 e. The molecule has 21 heavy (non-hydrogen) atoms. The van der Waals surface area contributed by atoms with Gasteiger partial charge >= 0.3 is 0 Å². The Labute approximate surface area is 128 Å². The van der Waals surface area contributed by atoms with Crippen molar-refractivity contribution in [2.24, 2.45) is 4.99 Å². The van der Waals surface area contributed by atoms with Crippen LogP contribution in [0.25, 0.3) is 0 Å². The number of rotatable bonds is 4. The fraction of sp³-hybridized carbons (Fsp3) is 0.267. The van der Waals surface area contributed by atoms with Gasteiger partial charge in [-0.1, -0.05) is 6.07 Å². The van der Waals surface area contributed by atoms with E-state index in [1.807, 2.05) is 17.5 Å². The van der Waals surface area contributed by atoms with Gasteiger partial charge in [0.15, 0.2) is 0 Å². The molecule has 1 aliphatic heterocycles. The van der Waals surface area contributed by atoms with E-state index < -0.39 is 10.0 Å². The zero-order chi connectivity index (χ0) is 14.7. The standard InChI is InChI=1S/C15H16N2O2S2/c18-21(19,17-9-1-2-10-17)15-7-5-13(6-8-15)16-12-14-4-3-11-20-14/h3-8,11-12H,1-2,9-10H2. The highest BCUT2D eigenvalue weighted by Gasteiger charge is 2.26. The summed E-state index contributed by atoms with van der Waals surface area (Å²) in [4.78, 5) is 5.77. The third-order valence-electron chi connectivity index (χ3n) is 3.42. The molecule has 1 saturated heterocycles. The number of thiophene rings is 1. The third-order valence-corrected chi connectivity index (χ3v) is 6.14. The van der Waals surface area contributed by atoms with Gasteiger partial charge in [0.25, 0.3) is 0 Å². The maximum atomic E-state index is 12.4. The summed E-state index contributed by atoms with van der Waals surface area (Å²) in [5, 5.41) is 1.99. The van der Waals surface area contributed by atoms with Gasteiger partial charge in [-0.05, 0) is 48.6 Å². The second-order valence-corrected chi connectivity index (χ2v) is 7.80. The highest BCUT2D eigenvalue weighted by atomic mass is 32.2. The Bertz CT molecular complexity index is 714. The fourth-order valence-corrected chi connectivity index (χ4v) is 4.39. The average Bonchev–Trinajstić information content (AvgIpc) is 3.19. The lowest BCUT2D eigenvalue weighted by Crippen LogP contribution is -2.27. The number of sulfonamides is 1. The van der Waals surface area contributed by atoms with Crippen LogP contribution in [0.3, 0.4) is 0 Å². The molecule has 0 bridgehead atoms. The van der Waals surface area contributed by atoms with Crippen LogP contribution in [0.4, 0.5) is 5.69 Å². The molecule has 4 nitrogen and oxygen atoms in total. The Kier molecular flexibility index (Phi) is 4.19. The lowest BCUT2D eigenvalue weighted by Gasteiger charge is -2.15. The minimum Gasteiger partial charge on any atom is -0.255 e. The molecule has 1 aromatic carbocycles. The Morgan fingerprint density at radius 1 is 1.10 bits per heavy atom. The van der Waals surface area contributed by atoms with Crippen LogP contribution >= 0.6 is 11.3 Å². The number of benzene rings is 1. The molecular formula is C15H16N2O2S2. The third kappa shape index (κ3) is 3.23. The molecule has 0 amide bonds. The SMILES string of the molecule is O=S(=O)(c1ccc(N=Cc2cccs2)cc1)N1CCCC1. The van der Waals surface area contributed by atoms with Gasteiger partial charge in [0.1, 0.15) is 0 Å². The van der Waals surface area contributed by atoms with E-state index in [1.54, 1.807) is 46.1 Å². The van der Waals surface area contributed by atoms with E-state index in [2.05, 4.69) is 4.99 Å². The first-order chi connectivity index (χ1) is 10.2. The van der Waals surface area contributed by atoms with Gasteiger partial charge in [-0.25, -0.2) is 8.42 Å². The molecule has 0 unspecified atom stereocenters. The summed E-state index contributed by atoms with van der Waals surface area (Å²) in [5.41, 5.74) is 0.753. The van der Waals surface area contributed by atoms with E-state index in [-0.39, 0.29) is 0 Å². The van der Waals surface area contributed by atoms with Crippen molar-refractivity contribution >= 4 is 33.3 Å². The van der Waals surface area contributed by atoms with Crippen LogP contribution in [-0.2, 0) is 10.0 Å². The molecule has 0 saturated carbocycles. The summed E-state index contributed by atoms with van der Waals surface area (Å²) in [6.45, 7) is 1.25. The molecule has 110 valence electrons. The minimum atomic E-state index is -3.33. The van der Waals surface area contributed by atoms with E-state index in [1.165, 1.54) is 0 Å². The first kappa shape index (κ1) is 14.4. The lowest BCUT2D eigenvalue weighted by atomic mass is 10.3. The first-order valence-electron chi connectivity index (χ1n) is 6.84. The minimum absolute atomic E-state index is 0.347. The van der Waals surface area contributed by atoms with Gasteiger partial charge in [-0.2, -0.15) is 4.31 Å². The molecule has 0 atom stereocenters. The van der Waals surface area contributed by atoms with Crippen molar-refractivity contribution in [1.82, 2.24) is 4.31 Å². The van der Waals surface area contributed by atoms with Gasteiger partial charge in [-0.15, -0.1) is 11.3 Å². The number of nitrogens with zero attached hydrogens (tertiary/aromatic N) is 2. The highest BCUT2D eigenvalue weighted by Crippen LogP contribution is 2.23. The normalized spacial score (nSPS) is 16.8. The van der Waals surface area contributed by atoms with Crippen molar-refractivity contribution in [3.8, 4) is 0 Å². The molecular weight excluding hydrogens is 304 g/mol. The van der Waals surface area contributed by atoms with Gasteiger partial charge in [0.2, 0.25) is 10.0 Å². The Morgan fingerprint density at radius 2 is 1.81 bits per heavy atom. The fourth-order valence-electron chi connectivity index (χ4n) is 2.28. The number of aliphatic imine (C=N–C) groups is 1. The van der Waals surface area contributed by atoms with E-state index in [0.717, 1.165) is 23.4 Å². The molecule has 6 heteroatoms. The topological polar surface area (TPSA) is 49.7 Å². The summed E-state index contributed by atoms with van der Waals surface area (Å²) in [6.07, 6.45) is 3.68. The van der Waals surface area contributed by atoms with Crippen molar-refractivity contribution in [2.75, 3.05) is 13.1 Å². The molecule has 0 N–H and O–H groups in total. The van der Waals surface area contributed by atoms with E-state index in [4.69, 9.17) is 0 Å². The van der Waals surface area contributed by atoms with Crippen LogP contribution in [0.2, 0.25) is 0 Å². The van der Waals surface area contributed by atoms with Crippen molar-refractivity contribution in [2.45, 2.75) is 17.7 Å². The number of hydrogen-bond donors (Lipinski definition) is 0. The van der Waals surface area contributed by atoms with Crippen molar-refractivity contribution in [3.05, 3.63) is 46.7 Å². The smallest absolute Gasteiger partial charge is 0.243 e. The summed E-state index contributed by atoms with van der Waals surface area (Å²) in [7, 11) is -3.33. The second kappa shape index (κ2) is 6.09. The van der Waals surface area contributed by atoms with Crippen LogP contribution in [0.5, 0.6) is 0 Å². The van der Waals surface area contributed by atoms with Gasteiger partial charge < -0.3 is 0 Å². The molecule has 1 aromatic heterocycles. The van der Waals surface area contributed by atoms with Gasteiger partial charge in [-0.3, -0.25) is 4.99 Å². The van der Waals surface area contributed by atoms with E-state index in [0.29, 0.717) is 18.0 Å². The van der Waals surface area contributed by atoms with Crippen molar-refractivity contribution in [1.29, 1.82) is 0 Å². The Balaban J connectivity index is 1.77. The summed E-state index contributed by atoms with van der Waals surface area (Å²) < 4.78 is 26.3. The van der Waals surface area contributed by atoms with Crippen molar-refractivity contribution < 1.29 is 8.42 Å².